The van der Waals surface area contributed by atoms with E-state index in [0.717, 1.165) is 17.7 Å². The average Bonchev–Trinajstić information content (AvgIpc) is 2.62. The van der Waals surface area contributed by atoms with Crippen LogP contribution in [-0.2, 0) is 11.2 Å². The number of carbonyl (C=O) groups excluding carboxylic acids is 1. The molecule has 25 heavy (non-hydrogen) atoms. The molecular formula is C22H29NO2. The molecule has 0 bridgehead atoms. The van der Waals surface area contributed by atoms with Crippen LogP contribution in [-0.4, -0.2) is 12.0 Å². The van der Waals surface area contributed by atoms with Crippen LogP contribution in [0.4, 0.5) is 0 Å². The lowest BCUT2D eigenvalue weighted by Crippen LogP contribution is -2.39. The molecular weight excluding hydrogens is 310 g/mol. The van der Waals surface area contributed by atoms with Crippen molar-refractivity contribution in [3.05, 3.63) is 64.7 Å². The molecule has 0 fully saturated rings. The van der Waals surface area contributed by atoms with Gasteiger partial charge in [0, 0.05) is 0 Å². The van der Waals surface area contributed by atoms with Crippen LogP contribution in [0.5, 0.6) is 5.75 Å². The van der Waals surface area contributed by atoms with Crippen LogP contribution >= 0.6 is 0 Å². The van der Waals surface area contributed by atoms with Crippen LogP contribution in [0.25, 0.3) is 0 Å². The van der Waals surface area contributed by atoms with Gasteiger partial charge < -0.3 is 10.1 Å². The van der Waals surface area contributed by atoms with E-state index in [1.807, 2.05) is 38.1 Å². The minimum atomic E-state index is -0.485. The molecule has 3 heteroatoms. The smallest absolute Gasteiger partial charge is 0.261 e. The largest absolute Gasteiger partial charge is 0.481 e. The number of ether oxygens (including phenoxy) is 1. The summed E-state index contributed by atoms with van der Waals surface area (Å²) in [7, 11) is 0. The summed E-state index contributed by atoms with van der Waals surface area (Å²) in [5.74, 6) is 0.658. The van der Waals surface area contributed by atoms with Gasteiger partial charge in [0.25, 0.3) is 5.91 Å². The van der Waals surface area contributed by atoms with Crippen LogP contribution < -0.4 is 10.1 Å². The van der Waals surface area contributed by atoms with Gasteiger partial charge >= 0.3 is 0 Å². The predicted octanol–water partition coefficient (Wildman–Crippen LogP) is 4.90. The van der Waals surface area contributed by atoms with Crippen molar-refractivity contribution in [2.75, 3.05) is 0 Å². The molecule has 0 spiro atoms. The molecule has 0 aliphatic heterocycles. The third kappa shape index (κ3) is 5.09. The van der Waals surface area contributed by atoms with Crippen molar-refractivity contribution in [3.8, 4) is 5.75 Å². The van der Waals surface area contributed by atoms with Gasteiger partial charge in [0.05, 0.1) is 6.04 Å². The van der Waals surface area contributed by atoms with E-state index in [9.17, 15) is 4.79 Å². The van der Waals surface area contributed by atoms with Gasteiger partial charge in [-0.25, -0.2) is 0 Å². The van der Waals surface area contributed by atoms with E-state index in [1.54, 1.807) is 0 Å². The summed E-state index contributed by atoms with van der Waals surface area (Å²) in [5.41, 5.74) is 4.86. The Morgan fingerprint density at radius 2 is 1.72 bits per heavy atom. The van der Waals surface area contributed by atoms with Gasteiger partial charge in [-0.15, -0.1) is 0 Å². The summed E-state index contributed by atoms with van der Waals surface area (Å²) >= 11 is 0. The highest BCUT2D eigenvalue weighted by molar-refractivity contribution is 5.81. The highest BCUT2D eigenvalue weighted by atomic mass is 16.5. The molecule has 0 aliphatic carbocycles. The normalized spacial score (nSPS) is 13.2. The molecule has 0 saturated heterocycles. The zero-order valence-corrected chi connectivity index (χ0v) is 15.9. The lowest BCUT2D eigenvalue weighted by Gasteiger charge is -2.21. The molecule has 2 rings (SSSR count). The Morgan fingerprint density at radius 1 is 1.04 bits per heavy atom. The van der Waals surface area contributed by atoms with E-state index < -0.39 is 6.10 Å². The van der Waals surface area contributed by atoms with Crippen molar-refractivity contribution in [1.82, 2.24) is 5.32 Å². The Morgan fingerprint density at radius 3 is 2.28 bits per heavy atom. The van der Waals surface area contributed by atoms with Crippen molar-refractivity contribution >= 4 is 5.91 Å². The fraction of sp³-hybridized carbons (Fsp3) is 0.409. The molecule has 3 nitrogen and oxygen atoms in total. The molecule has 1 amide bonds. The van der Waals surface area contributed by atoms with E-state index in [4.69, 9.17) is 4.74 Å². The molecule has 0 radical (unpaired) electrons. The molecule has 0 aromatic heterocycles. The number of aryl methyl sites for hydroxylation is 3. The number of benzene rings is 2. The second kappa shape index (κ2) is 8.70. The van der Waals surface area contributed by atoms with E-state index in [-0.39, 0.29) is 11.9 Å². The highest BCUT2D eigenvalue weighted by Crippen LogP contribution is 2.19. The lowest BCUT2D eigenvalue weighted by molar-refractivity contribution is -0.128. The first-order chi connectivity index (χ1) is 11.9. The summed E-state index contributed by atoms with van der Waals surface area (Å²) in [5, 5.41) is 3.07. The number of hydrogen-bond donors (Lipinski definition) is 1. The predicted molar refractivity (Wildman–Crippen MR) is 103 cm³/mol. The molecule has 2 atom stereocenters. The third-order valence-electron chi connectivity index (χ3n) is 4.66. The van der Waals surface area contributed by atoms with Crippen LogP contribution in [0.1, 0.15) is 55.5 Å². The molecule has 0 saturated carbocycles. The van der Waals surface area contributed by atoms with Gasteiger partial charge in [-0.3, -0.25) is 4.79 Å². The Kier molecular flexibility index (Phi) is 6.63. The molecule has 2 aromatic rings. The molecule has 134 valence electrons. The van der Waals surface area contributed by atoms with Crippen molar-refractivity contribution < 1.29 is 9.53 Å². The summed E-state index contributed by atoms with van der Waals surface area (Å²) in [6.45, 7) is 10.3. The summed E-state index contributed by atoms with van der Waals surface area (Å²) in [4.78, 5) is 12.6. The molecule has 2 unspecified atom stereocenters. The first-order valence-corrected chi connectivity index (χ1v) is 9.07. The van der Waals surface area contributed by atoms with Gasteiger partial charge in [0.15, 0.2) is 6.10 Å². The van der Waals surface area contributed by atoms with Crippen LogP contribution in [0.2, 0.25) is 0 Å². The van der Waals surface area contributed by atoms with Crippen LogP contribution in [0.3, 0.4) is 0 Å². The number of carbonyl (C=O) groups is 1. The highest BCUT2D eigenvalue weighted by Gasteiger charge is 2.20. The van der Waals surface area contributed by atoms with E-state index >= 15 is 0 Å². The fourth-order valence-corrected chi connectivity index (χ4v) is 2.71. The quantitative estimate of drug-likeness (QED) is 0.779. The second-order valence-electron chi connectivity index (χ2n) is 6.59. The number of nitrogens with one attached hydrogen (secondary N) is 1. The summed E-state index contributed by atoms with van der Waals surface area (Å²) in [6, 6.07) is 14.2. The maximum atomic E-state index is 12.6. The summed E-state index contributed by atoms with van der Waals surface area (Å²) < 4.78 is 5.89. The molecule has 1 N–H and O–H groups in total. The topological polar surface area (TPSA) is 38.3 Å². The lowest BCUT2D eigenvalue weighted by atomic mass is 10.0. The van der Waals surface area contributed by atoms with Crippen LogP contribution in [0, 0.1) is 13.8 Å². The molecule has 2 aromatic carbocycles. The van der Waals surface area contributed by atoms with E-state index in [2.05, 4.69) is 44.3 Å². The zero-order valence-electron chi connectivity index (χ0n) is 15.9. The summed E-state index contributed by atoms with van der Waals surface area (Å²) in [6.07, 6.45) is 1.13. The molecule has 0 aliphatic rings. The Balaban J connectivity index is 2.01. The van der Waals surface area contributed by atoms with Gasteiger partial charge in [0.2, 0.25) is 0 Å². The maximum Gasteiger partial charge on any atom is 0.261 e. The Labute approximate surface area is 151 Å². The Hall–Kier alpha value is -2.29. The van der Waals surface area contributed by atoms with Gasteiger partial charge in [-0.1, -0.05) is 44.2 Å². The van der Waals surface area contributed by atoms with Crippen molar-refractivity contribution in [2.24, 2.45) is 0 Å². The number of hydrogen-bond acceptors (Lipinski definition) is 2. The fourth-order valence-electron chi connectivity index (χ4n) is 2.71. The third-order valence-corrected chi connectivity index (χ3v) is 4.66. The molecule has 0 heterocycles. The van der Waals surface area contributed by atoms with Gasteiger partial charge in [0.1, 0.15) is 5.75 Å². The first-order valence-electron chi connectivity index (χ1n) is 9.07. The minimum Gasteiger partial charge on any atom is -0.481 e. The van der Waals surface area contributed by atoms with E-state index in [0.29, 0.717) is 6.42 Å². The SMILES string of the molecule is CCc1ccc(OC(CC)C(=O)NC(C)c2ccc(C)c(C)c2)cc1. The maximum absolute atomic E-state index is 12.6. The van der Waals surface area contributed by atoms with Crippen LogP contribution in [0.15, 0.2) is 42.5 Å². The van der Waals surface area contributed by atoms with Crippen molar-refractivity contribution in [1.29, 1.82) is 0 Å². The van der Waals surface area contributed by atoms with Crippen molar-refractivity contribution in [3.63, 3.8) is 0 Å². The monoisotopic (exact) mass is 339 g/mol. The minimum absolute atomic E-state index is 0.0492. The first kappa shape index (κ1) is 19.0. The number of amides is 1. The van der Waals surface area contributed by atoms with Gasteiger partial charge in [-0.2, -0.15) is 0 Å². The Bertz CT molecular complexity index is 706. The average molecular weight is 339 g/mol. The number of rotatable bonds is 7. The second-order valence-corrected chi connectivity index (χ2v) is 6.59. The van der Waals surface area contributed by atoms with Gasteiger partial charge in [-0.05, 0) is 68.0 Å². The van der Waals surface area contributed by atoms with Crippen molar-refractivity contribution in [2.45, 2.75) is 59.6 Å². The van der Waals surface area contributed by atoms with E-state index in [1.165, 1.54) is 16.7 Å². The standard InChI is InChI=1S/C22H29NO2/c1-6-18-9-12-20(13-10-18)25-21(7-2)22(24)23-17(5)19-11-8-15(3)16(4)14-19/h8-14,17,21H,6-7H2,1-5H3,(H,23,24). The zero-order chi connectivity index (χ0) is 18.4.